The first-order valence-corrected chi connectivity index (χ1v) is 34.3. The fraction of sp³-hybridized carbons (Fsp3) is 0.649. The molecule has 470 valence electrons. The summed E-state index contributed by atoms with van der Waals surface area (Å²) in [5, 5.41) is 0. The van der Waals surface area contributed by atoms with Gasteiger partial charge in [0.2, 0.25) is 0 Å². The maximum absolute atomic E-state index is 12.9. The average molecular weight is 1150 g/mol. The normalized spacial score (nSPS) is 13.0. The second-order valence-electron chi connectivity index (χ2n) is 22.3. The van der Waals surface area contributed by atoms with Crippen molar-refractivity contribution in [2.45, 2.75) is 309 Å². The van der Waals surface area contributed by atoms with E-state index in [4.69, 9.17) is 14.2 Å². The number of unbranched alkanes of at least 4 members (excludes halogenated alkanes) is 26. The summed E-state index contributed by atoms with van der Waals surface area (Å²) in [6, 6.07) is 0. The Labute approximate surface area is 512 Å². The molecule has 0 heterocycles. The third kappa shape index (κ3) is 68.0. The average Bonchev–Trinajstić information content (AvgIpc) is 3.49. The molecule has 1 unspecified atom stereocenters. The van der Waals surface area contributed by atoms with Crippen molar-refractivity contribution in [2.24, 2.45) is 0 Å². The first kappa shape index (κ1) is 78.3. The second kappa shape index (κ2) is 69.8. The van der Waals surface area contributed by atoms with Gasteiger partial charge < -0.3 is 14.2 Å². The fourth-order valence-corrected chi connectivity index (χ4v) is 9.26. The quantitative estimate of drug-likeness (QED) is 0.0261. The van der Waals surface area contributed by atoms with Crippen molar-refractivity contribution in [1.29, 1.82) is 0 Å². The van der Waals surface area contributed by atoms with Crippen molar-refractivity contribution in [3.63, 3.8) is 0 Å². The Morgan fingerprint density at radius 1 is 0.253 bits per heavy atom. The zero-order valence-corrected chi connectivity index (χ0v) is 53.9. The van der Waals surface area contributed by atoms with Crippen LogP contribution in [0, 0.1) is 0 Å². The van der Waals surface area contributed by atoms with Gasteiger partial charge in [0.05, 0.1) is 0 Å². The second-order valence-corrected chi connectivity index (χ2v) is 22.3. The van der Waals surface area contributed by atoms with E-state index >= 15 is 0 Å². The Morgan fingerprint density at radius 2 is 0.494 bits per heavy atom. The number of rotatable bonds is 61. The largest absolute Gasteiger partial charge is 0.462 e. The van der Waals surface area contributed by atoms with Crippen molar-refractivity contribution >= 4 is 17.9 Å². The summed E-state index contributed by atoms with van der Waals surface area (Å²) in [6.07, 6.45) is 100. The fourth-order valence-electron chi connectivity index (χ4n) is 9.26. The molecule has 0 aromatic carbocycles. The third-order valence-electron chi connectivity index (χ3n) is 14.3. The minimum atomic E-state index is -0.818. The Morgan fingerprint density at radius 3 is 0.807 bits per heavy atom. The standard InChI is InChI=1S/C77H126O6/c1-4-7-10-13-16-19-22-25-27-29-31-33-35-37-38-40-41-43-45-47-49-52-55-58-61-64-67-70-76(79)82-73-74(72-81-75(78)69-66-63-60-57-54-51-24-21-18-15-12-9-6-3)83-77(80)71-68-65-62-59-56-53-50-48-46-44-42-39-36-34-32-30-28-26-23-20-17-14-11-8-5-2/h7,9-10,12,16,18-19,21,23,25-27,30-33,36-39,51,54,60,63,74H,4-6,8,11,13-15,17,20,22,24,28-29,34-35,40-50,52-53,55-59,61-62,64-73H2,1-3H3/b10-7-,12-9-,19-16-,21-18-,26-23-,27-25-,32-30-,33-31-,38-37-,39-36-,54-51-,63-60-. The highest BCUT2D eigenvalue weighted by Crippen LogP contribution is 2.16. The van der Waals surface area contributed by atoms with Gasteiger partial charge in [0.1, 0.15) is 13.2 Å². The van der Waals surface area contributed by atoms with Crippen LogP contribution in [0.1, 0.15) is 303 Å². The van der Waals surface area contributed by atoms with Gasteiger partial charge in [0.15, 0.2) is 6.10 Å². The maximum atomic E-state index is 12.9. The molecule has 0 radical (unpaired) electrons. The Kier molecular flexibility index (Phi) is 65.8. The molecule has 0 rings (SSSR count). The Hall–Kier alpha value is -4.71. The van der Waals surface area contributed by atoms with Crippen molar-refractivity contribution in [3.05, 3.63) is 146 Å². The van der Waals surface area contributed by atoms with Gasteiger partial charge >= 0.3 is 17.9 Å². The van der Waals surface area contributed by atoms with E-state index in [0.29, 0.717) is 19.3 Å². The molecule has 1 atom stereocenters. The lowest BCUT2D eigenvalue weighted by molar-refractivity contribution is -0.166. The van der Waals surface area contributed by atoms with Crippen LogP contribution in [0.15, 0.2) is 146 Å². The highest BCUT2D eigenvalue weighted by Gasteiger charge is 2.19. The number of esters is 3. The summed E-state index contributed by atoms with van der Waals surface area (Å²) in [7, 11) is 0. The Balaban J connectivity index is 4.36. The molecule has 0 saturated carbocycles. The monoisotopic (exact) mass is 1150 g/mol. The van der Waals surface area contributed by atoms with Crippen LogP contribution in [0.25, 0.3) is 0 Å². The minimum absolute atomic E-state index is 0.107. The molecule has 0 aliphatic carbocycles. The highest BCUT2D eigenvalue weighted by atomic mass is 16.6. The van der Waals surface area contributed by atoms with E-state index in [1.165, 1.54) is 148 Å². The number of hydrogen-bond acceptors (Lipinski definition) is 6. The SMILES string of the molecule is CC/C=C\C/C=C\C/C=C\C/C=C\C/C=C\CCCCCCCCCCCCCC(=O)OCC(COC(=O)CC/C=C\C/C=C\C/C=C\C/C=C\CC)OC(=O)CCCCCCCCCCCC/C=C\C/C=C\C/C=C\CCCCCCC. The topological polar surface area (TPSA) is 78.9 Å². The van der Waals surface area contributed by atoms with E-state index in [-0.39, 0.29) is 37.5 Å². The Bertz CT molecular complexity index is 1800. The maximum Gasteiger partial charge on any atom is 0.306 e. The molecular weight excluding hydrogens is 1020 g/mol. The summed E-state index contributed by atoms with van der Waals surface area (Å²) in [5.41, 5.74) is 0. The van der Waals surface area contributed by atoms with Gasteiger partial charge in [-0.3, -0.25) is 14.4 Å². The van der Waals surface area contributed by atoms with Gasteiger partial charge in [0.25, 0.3) is 0 Å². The molecular formula is C77H126O6. The molecule has 0 bridgehead atoms. The van der Waals surface area contributed by atoms with Gasteiger partial charge in [-0.1, -0.05) is 301 Å². The summed E-state index contributed by atoms with van der Waals surface area (Å²) in [4.78, 5) is 38.4. The van der Waals surface area contributed by atoms with Crippen molar-refractivity contribution < 1.29 is 28.6 Å². The molecule has 0 aromatic rings. The molecule has 0 aromatic heterocycles. The van der Waals surface area contributed by atoms with E-state index in [2.05, 4.69) is 161 Å². The molecule has 6 nitrogen and oxygen atoms in total. The van der Waals surface area contributed by atoms with Crippen molar-refractivity contribution in [2.75, 3.05) is 13.2 Å². The van der Waals surface area contributed by atoms with Gasteiger partial charge in [0, 0.05) is 19.3 Å². The van der Waals surface area contributed by atoms with Crippen molar-refractivity contribution in [3.8, 4) is 0 Å². The predicted molar refractivity (Wildman–Crippen MR) is 362 cm³/mol. The lowest BCUT2D eigenvalue weighted by Gasteiger charge is -2.18. The molecule has 0 fully saturated rings. The predicted octanol–water partition coefficient (Wildman–Crippen LogP) is 23.9. The smallest absolute Gasteiger partial charge is 0.306 e. The molecule has 6 heteroatoms. The molecule has 83 heavy (non-hydrogen) atoms. The number of allylic oxidation sites excluding steroid dienone is 24. The van der Waals surface area contributed by atoms with Crippen LogP contribution in [0.3, 0.4) is 0 Å². The molecule has 0 spiro atoms. The van der Waals surface area contributed by atoms with Crippen LogP contribution in [0.4, 0.5) is 0 Å². The molecule has 0 N–H and O–H groups in total. The number of hydrogen-bond donors (Lipinski definition) is 0. The van der Waals surface area contributed by atoms with Gasteiger partial charge in [-0.15, -0.1) is 0 Å². The van der Waals surface area contributed by atoms with Crippen molar-refractivity contribution in [1.82, 2.24) is 0 Å². The van der Waals surface area contributed by atoms with Crippen LogP contribution in [0.5, 0.6) is 0 Å². The van der Waals surface area contributed by atoms with E-state index < -0.39 is 6.10 Å². The third-order valence-corrected chi connectivity index (χ3v) is 14.3. The van der Waals surface area contributed by atoms with E-state index in [0.717, 1.165) is 109 Å². The van der Waals surface area contributed by atoms with Crippen LogP contribution >= 0.6 is 0 Å². The highest BCUT2D eigenvalue weighted by molar-refractivity contribution is 5.71. The van der Waals surface area contributed by atoms with Gasteiger partial charge in [-0.05, 0) is 128 Å². The molecule has 0 aliphatic rings. The zero-order chi connectivity index (χ0) is 59.9. The van der Waals surface area contributed by atoms with E-state index in [9.17, 15) is 14.4 Å². The van der Waals surface area contributed by atoms with Gasteiger partial charge in [-0.25, -0.2) is 0 Å². The molecule has 0 aliphatic heterocycles. The summed E-state index contributed by atoms with van der Waals surface area (Å²) in [6.45, 7) is 6.34. The van der Waals surface area contributed by atoms with Crippen LogP contribution in [-0.4, -0.2) is 37.2 Å². The number of carbonyl (C=O) groups is 3. The zero-order valence-electron chi connectivity index (χ0n) is 53.9. The number of ether oxygens (including phenoxy) is 3. The summed E-state index contributed by atoms with van der Waals surface area (Å²) >= 11 is 0. The van der Waals surface area contributed by atoms with Crippen LogP contribution < -0.4 is 0 Å². The first-order chi connectivity index (χ1) is 41.0. The summed E-state index contributed by atoms with van der Waals surface area (Å²) < 4.78 is 16.9. The lowest BCUT2D eigenvalue weighted by atomic mass is 10.0. The molecule has 0 amide bonds. The molecule has 0 saturated heterocycles. The minimum Gasteiger partial charge on any atom is -0.462 e. The lowest BCUT2D eigenvalue weighted by Crippen LogP contribution is -2.30. The number of carbonyl (C=O) groups excluding carboxylic acids is 3. The van der Waals surface area contributed by atoms with Gasteiger partial charge in [-0.2, -0.15) is 0 Å². The van der Waals surface area contributed by atoms with E-state index in [1.807, 2.05) is 6.08 Å². The summed E-state index contributed by atoms with van der Waals surface area (Å²) in [5.74, 6) is -0.995. The van der Waals surface area contributed by atoms with Crippen LogP contribution in [-0.2, 0) is 28.6 Å². The van der Waals surface area contributed by atoms with Crippen LogP contribution in [0.2, 0.25) is 0 Å². The van der Waals surface area contributed by atoms with E-state index in [1.54, 1.807) is 0 Å². The first-order valence-electron chi connectivity index (χ1n) is 34.3.